The van der Waals surface area contributed by atoms with Crippen LogP contribution in [0, 0.1) is 0 Å². The molecule has 0 aliphatic heterocycles. The number of nitrogen functional groups attached to an aromatic ring is 1. The van der Waals surface area contributed by atoms with Gasteiger partial charge in [-0.15, -0.1) is 0 Å². The molecule has 0 aliphatic rings. The molecule has 0 aromatic carbocycles. The number of likely N-dealkylation sites (N-methyl/N-ethyl adjacent to an activating group) is 2. The Morgan fingerprint density at radius 1 is 1.62 bits per heavy atom. The van der Waals surface area contributed by atoms with Gasteiger partial charge in [-0.05, 0) is 6.07 Å². The second-order valence-corrected chi connectivity index (χ2v) is 3.30. The fourth-order valence-electron chi connectivity index (χ4n) is 1.23. The third-order valence-corrected chi connectivity index (χ3v) is 2.11. The van der Waals surface area contributed by atoms with Crippen LogP contribution in [0.3, 0.4) is 0 Å². The number of nitrogens with two attached hydrogens (primary N) is 1. The van der Waals surface area contributed by atoms with Crippen molar-refractivity contribution in [3.63, 3.8) is 0 Å². The Hall–Kier alpha value is -1.98. The van der Waals surface area contributed by atoms with E-state index in [1.165, 1.54) is 7.11 Å². The molecular formula is C10H16N4O2. The maximum absolute atomic E-state index is 11.2. The highest BCUT2D eigenvalue weighted by molar-refractivity contribution is 5.81. The Balaban J connectivity index is 2.88. The number of ether oxygens (including phenoxy) is 1. The highest BCUT2D eigenvalue weighted by Gasteiger charge is 2.11. The van der Waals surface area contributed by atoms with Gasteiger partial charge in [-0.25, -0.2) is 0 Å². The van der Waals surface area contributed by atoms with E-state index >= 15 is 0 Å². The van der Waals surface area contributed by atoms with Crippen molar-refractivity contribution in [3.8, 4) is 5.88 Å². The SMILES string of the molecule is CNC(=O)CN(C)c1nc(OC)ccc1N. The van der Waals surface area contributed by atoms with E-state index in [9.17, 15) is 4.79 Å². The van der Waals surface area contributed by atoms with Gasteiger partial charge in [0.2, 0.25) is 11.8 Å². The predicted octanol–water partition coefficient (Wildman–Crippen LogP) is -0.145. The summed E-state index contributed by atoms with van der Waals surface area (Å²) in [5.74, 6) is 0.891. The van der Waals surface area contributed by atoms with Crippen LogP contribution in [-0.4, -0.2) is 38.6 Å². The van der Waals surface area contributed by atoms with Gasteiger partial charge < -0.3 is 20.7 Å². The number of carbonyl (C=O) groups excluding carboxylic acids is 1. The van der Waals surface area contributed by atoms with Gasteiger partial charge >= 0.3 is 0 Å². The largest absolute Gasteiger partial charge is 0.481 e. The van der Waals surface area contributed by atoms with Crippen LogP contribution in [0.1, 0.15) is 0 Å². The zero-order valence-electron chi connectivity index (χ0n) is 9.65. The van der Waals surface area contributed by atoms with E-state index < -0.39 is 0 Å². The molecule has 0 fully saturated rings. The van der Waals surface area contributed by atoms with Crippen LogP contribution in [0.25, 0.3) is 0 Å². The molecule has 0 saturated heterocycles. The fourth-order valence-corrected chi connectivity index (χ4v) is 1.23. The Morgan fingerprint density at radius 3 is 2.88 bits per heavy atom. The van der Waals surface area contributed by atoms with Crippen LogP contribution < -0.4 is 20.7 Å². The molecule has 6 nitrogen and oxygen atoms in total. The summed E-state index contributed by atoms with van der Waals surface area (Å²) in [6.45, 7) is 0.195. The van der Waals surface area contributed by atoms with Crippen LogP contribution in [-0.2, 0) is 4.79 Å². The van der Waals surface area contributed by atoms with Crippen molar-refractivity contribution in [3.05, 3.63) is 12.1 Å². The van der Waals surface area contributed by atoms with Crippen molar-refractivity contribution < 1.29 is 9.53 Å². The summed E-state index contributed by atoms with van der Waals surface area (Å²) in [5.41, 5.74) is 6.28. The van der Waals surface area contributed by atoms with Crippen LogP contribution in [0.15, 0.2) is 12.1 Å². The highest BCUT2D eigenvalue weighted by Crippen LogP contribution is 2.22. The number of amides is 1. The van der Waals surface area contributed by atoms with Gasteiger partial charge in [-0.2, -0.15) is 4.98 Å². The van der Waals surface area contributed by atoms with Gasteiger partial charge in [-0.1, -0.05) is 0 Å². The molecule has 1 heterocycles. The van der Waals surface area contributed by atoms with Crippen LogP contribution in [0.4, 0.5) is 11.5 Å². The molecule has 6 heteroatoms. The number of nitrogens with one attached hydrogen (secondary N) is 1. The van der Waals surface area contributed by atoms with Gasteiger partial charge in [0, 0.05) is 20.2 Å². The number of rotatable bonds is 4. The topological polar surface area (TPSA) is 80.5 Å². The number of aromatic nitrogens is 1. The molecule has 0 unspecified atom stereocenters. The molecule has 0 spiro atoms. The first-order chi connectivity index (χ1) is 7.58. The lowest BCUT2D eigenvalue weighted by molar-refractivity contribution is -0.119. The highest BCUT2D eigenvalue weighted by atomic mass is 16.5. The lowest BCUT2D eigenvalue weighted by atomic mass is 10.3. The average molecular weight is 224 g/mol. The van der Waals surface area contributed by atoms with Gasteiger partial charge in [0.15, 0.2) is 5.82 Å². The van der Waals surface area contributed by atoms with E-state index in [2.05, 4.69) is 10.3 Å². The molecule has 1 amide bonds. The van der Waals surface area contributed by atoms with Gasteiger partial charge in [-0.3, -0.25) is 4.79 Å². The number of hydrogen-bond acceptors (Lipinski definition) is 5. The first-order valence-corrected chi connectivity index (χ1v) is 4.80. The Bertz CT molecular complexity index is 381. The van der Waals surface area contributed by atoms with Crippen LogP contribution in [0.2, 0.25) is 0 Å². The normalized spacial score (nSPS) is 9.69. The molecule has 0 bridgehead atoms. The lowest BCUT2D eigenvalue weighted by Crippen LogP contribution is -2.33. The zero-order valence-corrected chi connectivity index (χ0v) is 9.65. The van der Waals surface area contributed by atoms with E-state index in [1.54, 1.807) is 31.1 Å². The summed E-state index contributed by atoms with van der Waals surface area (Å²) >= 11 is 0. The molecular weight excluding hydrogens is 208 g/mol. The maximum atomic E-state index is 11.2. The molecule has 1 rings (SSSR count). The first kappa shape index (κ1) is 12.1. The quantitative estimate of drug-likeness (QED) is 0.743. The van der Waals surface area contributed by atoms with Crippen LogP contribution >= 0.6 is 0 Å². The van der Waals surface area contributed by atoms with E-state index in [1.807, 2.05) is 0 Å². The number of nitrogens with zero attached hydrogens (tertiary/aromatic N) is 2. The van der Waals surface area contributed by atoms with Gasteiger partial charge in [0.05, 0.1) is 19.3 Å². The van der Waals surface area contributed by atoms with E-state index in [0.717, 1.165) is 0 Å². The summed E-state index contributed by atoms with van der Waals surface area (Å²) in [6.07, 6.45) is 0. The number of pyridine rings is 1. The van der Waals surface area contributed by atoms with E-state index in [0.29, 0.717) is 17.4 Å². The molecule has 88 valence electrons. The molecule has 3 N–H and O–H groups in total. The summed E-state index contributed by atoms with van der Waals surface area (Å²) in [7, 11) is 4.85. The monoisotopic (exact) mass is 224 g/mol. The molecule has 0 radical (unpaired) electrons. The smallest absolute Gasteiger partial charge is 0.239 e. The fraction of sp³-hybridized carbons (Fsp3) is 0.400. The summed E-state index contributed by atoms with van der Waals surface area (Å²) < 4.78 is 5.00. The first-order valence-electron chi connectivity index (χ1n) is 4.80. The minimum absolute atomic E-state index is 0.105. The molecule has 0 saturated carbocycles. The zero-order chi connectivity index (χ0) is 12.1. The number of methoxy groups -OCH3 is 1. The second kappa shape index (κ2) is 5.20. The third kappa shape index (κ3) is 2.75. The lowest BCUT2D eigenvalue weighted by Gasteiger charge is -2.19. The standard InChI is InChI=1S/C10H16N4O2/c1-12-8(15)6-14(2)10-7(11)4-5-9(13-10)16-3/h4-5H,6,11H2,1-3H3,(H,12,15). The summed E-state index contributed by atoms with van der Waals surface area (Å²) in [4.78, 5) is 17.0. The molecule has 1 aromatic rings. The Kier molecular flexibility index (Phi) is 3.93. The Morgan fingerprint density at radius 2 is 2.31 bits per heavy atom. The minimum atomic E-state index is -0.105. The molecule has 1 aromatic heterocycles. The number of anilines is 2. The van der Waals surface area contributed by atoms with Crippen molar-refractivity contribution in [1.29, 1.82) is 0 Å². The Labute approximate surface area is 94.4 Å². The second-order valence-electron chi connectivity index (χ2n) is 3.30. The van der Waals surface area contributed by atoms with Crippen LogP contribution in [0.5, 0.6) is 5.88 Å². The minimum Gasteiger partial charge on any atom is -0.481 e. The summed E-state index contributed by atoms with van der Waals surface area (Å²) in [6, 6.07) is 3.37. The third-order valence-electron chi connectivity index (χ3n) is 2.11. The van der Waals surface area contributed by atoms with Crippen molar-refractivity contribution in [2.24, 2.45) is 0 Å². The average Bonchev–Trinajstić information content (AvgIpc) is 2.29. The maximum Gasteiger partial charge on any atom is 0.239 e. The van der Waals surface area contributed by atoms with E-state index in [4.69, 9.17) is 10.5 Å². The predicted molar refractivity (Wildman–Crippen MR) is 62.5 cm³/mol. The molecule has 0 atom stereocenters. The molecule has 16 heavy (non-hydrogen) atoms. The van der Waals surface area contributed by atoms with Gasteiger partial charge in [0.25, 0.3) is 0 Å². The van der Waals surface area contributed by atoms with Gasteiger partial charge in [0.1, 0.15) is 0 Å². The van der Waals surface area contributed by atoms with Crippen molar-refractivity contribution in [2.45, 2.75) is 0 Å². The van der Waals surface area contributed by atoms with E-state index in [-0.39, 0.29) is 12.5 Å². The number of carbonyl (C=O) groups is 1. The number of hydrogen-bond donors (Lipinski definition) is 2. The van der Waals surface area contributed by atoms with Crippen molar-refractivity contribution in [1.82, 2.24) is 10.3 Å². The van der Waals surface area contributed by atoms with Crippen molar-refractivity contribution in [2.75, 3.05) is 38.4 Å². The van der Waals surface area contributed by atoms with Crippen molar-refractivity contribution >= 4 is 17.4 Å². The molecule has 0 aliphatic carbocycles. The summed E-state index contributed by atoms with van der Waals surface area (Å²) in [5, 5.41) is 2.53.